The van der Waals surface area contributed by atoms with Crippen molar-refractivity contribution in [1.29, 1.82) is 0 Å². The molecule has 0 heterocycles. The van der Waals surface area contributed by atoms with Crippen LogP contribution < -0.4 is 10.8 Å². The Morgan fingerprint density at radius 3 is 2.35 bits per heavy atom. The minimum Gasteiger partial charge on any atom is -0.461 e. The number of nitrogens with one attached hydrogen (secondary N) is 2. The van der Waals surface area contributed by atoms with Gasteiger partial charge in [0.25, 0.3) is 5.91 Å². The smallest absolute Gasteiger partial charge is 0.326 e. The third-order valence-electron chi connectivity index (χ3n) is 6.21. The van der Waals surface area contributed by atoms with Crippen LogP contribution in [-0.4, -0.2) is 36.4 Å². The number of carbonyl (C=O) groups excluding carboxylic acids is 2. The Balaban J connectivity index is 0.00000612. The van der Waals surface area contributed by atoms with Crippen LogP contribution in [0, 0.1) is 11.8 Å². The summed E-state index contributed by atoms with van der Waals surface area (Å²) in [6, 6.07) is 7.82. The van der Waals surface area contributed by atoms with E-state index < -0.39 is 11.8 Å². The predicted octanol–water partition coefficient (Wildman–Crippen LogP) is 5.25. The lowest BCUT2D eigenvalue weighted by atomic mass is 9.88. The fourth-order valence-electron chi connectivity index (χ4n) is 3.53. The topological polar surface area (TPSA) is 85.9 Å². The molecule has 0 saturated heterocycles. The van der Waals surface area contributed by atoms with E-state index in [0.717, 1.165) is 36.8 Å². The monoisotopic (exact) mass is 478 g/mol. The predicted molar refractivity (Wildman–Crippen MR) is 138 cm³/mol. The number of hydrogen-bond donors (Lipinski definition) is 2. The number of hydrogen-bond acceptors (Lipinski definition) is 6. The lowest BCUT2D eigenvalue weighted by molar-refractivity contribution is -0.180. The zero-order chi connectivity index (χ0) is 25.1. The molecule has 0 aliphatic heterocycles. The van der Waals surface area contributed by atoms with Crippen molar-refractivity contribution in [1.82, 2.24) is 10.8 Å². The van der Waals surface area contributed by atoms with E-state index >= 15 is 0 Å². The molecule has 0 spiro atoms. The molecule has 1 saturated carbocycles. The summed E-state index contributed by atoms with van der Waals surface area (Å²) < 4.78 is 11.2. The molecule has 0 radical (unpaired) electrons. The minimum atomic E-state index is -0.755. The standard InChI is InChI=1S/C27H42N2O5.2H2/c1-19(2)18-32-21(5)34-29-25(30)16-15-22-11-13-23(14-12-22)17-28-27(6,20(3)4)26(31)33-24-9-7-8-10-24;;/h11-16,19-21,24,28H,7-10,17-18H2,1-6H3,(H,29,30);2*1H/b16-15+;;/t21?,27-;;/m0../s1. The summed E-state index contributed by atoms with van der Waals surface area (Å²) in [4.78, 5) is 30.0. The van der Waals surface area contributed by atoms with Crippen LogP contribution in [0.4, 0.5) is 0 Å². The lowest BCUT2D eigenvalue weighted by Crippen LogP contribution is -2.54. The van der Waals surface area contributed by atoms with Crippen LogP contribution in [0.5, 0.6) is 0 Å². The fourth-order valence-corrected chi connectivity index (χ4v) is 3.53. The largest absolute Gasteiger partial charge is 0.461 e. The summed E-state index contributed by atoms with van der Waals surface area (Å²) in [5.74, 6) is -0.0576. The summed E-state index contributed by atoms with van der Waals surface area (Å²) in [6.45, 7) is 12.9. The summed E-state index contributed by atoms with van der Waals surface area (Å²) >= 11 is 0. The molecule has 7 heteroatoms. The van der Waals surface area contributed by atoms with E-state index in [1.54, 1.807) is 13.0 Å². The van der Waals surface area contributed by atoms with Gasteiger partial charge in [-0.2, -0.15) is 0 Å². The Bertz CT molecular complexity index is 811. The van der Waals surface area contributed by atoms with Crippen LogP contribution in [-0.2, 0) is 30.4 Å². The van der Waals surface area contributed by atoms with Crippen molar-refractivity contribution in [2.75, 3.05) is 6.61 Å². The maximum atomic E-state index is 12.9. The first kappa shape index (κ1) is 28.0. The van der Waals surface area contributed by atoms with Crippen LogP contribution in [0.1, 0.15) is 81.2 Å². The van der Waals surface area contributed by atoms with Crippen molar-refractivity contribution in [3.63, 3.8) is 0 Å². The molecule has 2 N–H and O–H groups in total. The number of carbonyl (C=O) groups is 2. The van der Waals surface area contributed by atoms with Gasteiger partial charge in [0, 0.05) is 15.5 Å². The van der Waals surface area contributed by atoms with Crippen molar-refractivity contribution in [2.45, 2.75) is 91.7 Å². The van der Waals surface area contributed by atoms with Crippen LogP contribution in [0.3, 0.4) is 0 Å². The number of hydroxylamine groups is 1. The Hall–Kier alpha value is -2.22. The Morgan fingerprint density at radius 2 is 1.76 bits per heavy atom. The molecule has 2 atom stereocenters. The maximum absolute atomic E-state index is 12.9. The molecule has 1 unspecified atom stereocenters. The van der Waals surface area contributed by atoms with E-state index in [1.165, 1.54) is 6.08 Å². The van der Waals surface area contributed by atoms with Gasteiger partial charge in [-0.05, 0) is 68.6 Å². The van der Waals surface area contributed by atoms with E-state index in [2.05, 4.69) is 10.8 Å². The van der Waals surface area contributed by atoms with Gasteiger partial charge >= 0.3 is 5.97 Å². The van der Waals surface area contributed by atoms with Gasteiger partial charge in [0.1, 0.15) is 11.6 Å². The second kappa shape index (κ2) is 13.6. The molecular weight excluding hydrogens is 432 g/mol. The number of rotatable bonds is 13. The molecule has 0 bridgehead atoms. The molecule has 1 aromatic rings. The highest BCUT2D eigenvalue weighted by molar-refractivity contribution is 5.90. The van der Waals surface area contributed by atoms with Crippen LogP contribution >= 0.6 is 0 Å². The average Bonchev–Trinajstić information content (AvgIpc) is 3.31. The van der Waals surface area contributed by atoms with Gasteiger partial charge in [-0.25, -0.2) is 10.3 Å². The first-order valence-electron chi connectivity index (χ1n) is 12.4. The highest BCUT2D eigenvalue weighted by atomic mass is 16.8. The zero-order valence-corrected chi connectivity index (χ0v) is 21.6. The summed E-state index contributed by atoms with van der Waals surface area (Å²) in [7, 11) is 0. The molecule has 0 aromatic heterocycles. The summed E-state index contributed by atoms with van der Waals surface area (Å²) in [5.41, 5.74) is 3.54. The quantitative estimate of drug-likeness (QED) is 0.174. The summed E-state index contributed by atoms with van der Waals surface area (Å²) in [6.07, 6.45) is 6.85. The Labute approximate surface area is 207 Å². The molecule has 34 heavy (non-hydrogen) atoms. The molecule has 7 nitrogen and oxygen atoms in total. The van der Waals surface area contributed by atoms with E-state index in [0.29, 0.717) is 19.1 Å². The van der Waals surface area contributed by atoms with E-state index in [1.807, 2.05) is 58.9 Å². The highest BCUT2D eigenvalue weighted by Crippen LogP contribution is 2.26. The van der Waals surface area contributed by atoms with Crippen LogP contribution in [0.25, 0.3) is 6.08 Å². The number of amides is 1. The first-order valence-corrected chi connectivity index (χ1v) is 12.4. The van der Waals surface area contributed by atoms with Gasteiger partial charge in [-0.15, -0.1) is 0 Å². The van der Waals surface area contributed by atoms with Crippen molar-refractivity contribution in [2.24, 2.45) is 11.8 Å². The molecular formula is C27H46N2O5. The number of ether oxygens (including phenoxy) is 2. The molecule has 1 aromatic carbocycles. The van der Waals surface area contributed by atoms with E-state index in [-0.39, 0.29) is 26.8 Å². The normalized spacial score (nSPS) is 17.3. The van der Waals surface area contributed by atoms with Gasteiger partial charge in [0.2, 0.25) is 0 Å². The van der Waals surface area contributed by atoms with Gasteiger partial charge in [-0.3, -0.25) is 14.9 Å². The lowest BCUT2D eigenvalue weighted by Gasteiger charge is -2.33. The molecule has 2 rings (SSSR count). The SMILES string of the molecule is CC(C)COC(C)ONC(=O)/C=C/c1ccc(CN[C@](C)(C(=O)OC2CCCC2)C(C)C)cc1.[HH].[HH]. The van der Waals surface area contributed by atoms with Gasteiger partial charge < -0.3 is 9.47 Å². The number of benzene rings is 1. The van der Waals surface area contributed by atoms with Crippen molar-refractivity contribution < 1.29 is 26.8 Å². The fraction of sp³-hybridized carbons (Fsp3) is 0.630. The van der Waals surface area contributed by atoms with Crippen molar-refractivity contribution in [3.05, 3.63) is 41.5 Å². The molecule has 1 aliphatic rings. The Kier molecular flexibility index (Phi) is 11.2. The zero-order valence-electron chi connectivity index (χ0n) is 21.6. The van der Waals surface area contributed by atoms with Crippen molar-refractivity contribution >= 4 is 18.0 Å². The second-order valence-electron chi connectivity index (χ2n) is 9.98. The maximum Gasteiger partial charge on any atom is 0.326 e. The van der Waals surface area contributed by atoms with Gasteiger partial charge in [0.05, 0.1) is 6.61 Å². The summed E-state index contributed by atoms with van der Waals surface area (Å²) in [5, 5.41) is 3.41. The van der Waals surface area contributed by atoms with Crippen LogP contribution in [0.15, 0.2) is 30.3 Å². The van der Waals surface area contributed by atoms with Gasteiger partial charge in [-0.1, -0.05) is 52.0 Å². The third-order valence-corrected chi connectivity index (χ3v) is 6.21. The molecule has 194 valence electrons. The van der Waals surface area contributed by atoms with E-state index in [4.69, 9.17) is 14.3 Å². The highest BCUT2D eigenvalue weighted by Gasteiger charge is 2.39. The average molecular weight is 479 g/mol. The van der Waals surface area contributed by atoms with Crippen LogP contribution in [0.2, 0.25) is 0 Å². The number of esters is 1. The van der Waals surface area contributed by atoms with Crippen molar-refractivity contribution in [3.8, 4) is 0 Å². The molecule has 1 fully saturated rings. The second-order valence-corrected chi connectivity index (χ2v) is 9.98. The molecule has 1 amide bonds. The van der Waals surface area contributed by atoms with Gasteiger partial charge in [0.15, 0.2) is 6.29 Å². The molecule has 1 aliphatic carbocycles. The third kappa shape index (κ3) is 9.20. The first-order chi connectivity index (χ1) is 16.1. The van der Waals surface area contributed by atoms with E-state index in [9.17, 15) is 9.59 Å². The minimum absolute atomic E-state index is 0. The Morgan fingerprint density at radius 1 is 1.12 bits per heavy atom.